The standard InChI is InChI=1S/C20H23N5O/c21-19(26)17-4-3-12-25-14-18(23-20(17)25)15-5-7-16(8-6-15)22-9-13-24-10-1-2-11-24/h3-8,12,14,22H,1-2,9-11,13H2,(H2,21,26). The van der Waals surface area contributed by atoms with Gasteiger partial charge in [-0.15, -0.1) is 0 Å². The van der Waals surface area contributed by atoms with Crippen molar-refractivity contribution in [2.75, 3.05) is 31.5 Å². The van der Waals surface area contributed by atoms with E-state index in [4.69, 9.17) is 5.73 Å². The summed E-state index contributed by atoms with van der Waals surface area (Å²) in [5.74, 6) is -0.467. The predicted octanol–water partition coefficient (Wildman–Crippen LogP) is 2.61. The fourth-order valence-electron chi connectivity index (χ4n) is 3.47. The van der Waals surface area contributed by atoms with E-state index in [9.17, 15) is 4.79 Å². The number of hydrogen-bond donors (Lipinski definition) is 2. The van der Waals surface area contributed by atoms with Crippen LogP contribution in [0.1, 0.15) is 23.2 Å². The van der Waals surface area contributed by atoms with Crippen molar-refractivity contribution in [2.24, 2.45) is 5.73 Å². The van der Waals surface area contributed by atoms with Crippen molar-refractivity contribution in [3.05, 3.63) is 54.4 Å². The summed E-state index contributed by atoms with van der Waals surface area (Å²) in [5.41, 5.74) is 9.39. The zero-order valence-corrected chi connectivity index (χ0v) is 14.7. The second-order valence-corrected chi connectivity index (χ2v) is 6.70. The molecule has 0 aliphatic carbocycles. The smallest absolute Gasteiger partial charge is 0.252 e. The molecule has 4 rings (SSSR count). The highest BCUT2D eigenvalue weighted by atomic mass is 16.1. The van der Waals surface area contributed by atoms with Gasteiger partial charge >= 0.3 is 0 Å². The van der Waals surface area contributed by atoms with E-state index in [0.29, 0.717) is 11.2 Å². The molecule has 1 saturated heterocycles. The lowest BCUT2D eigenvalue weighted by atomic mass is 10.1. The first kappa shape index (κ1) is 16.6. The van der Waals surface area contributed by atoms with Gasteiger partial charge in [0, 0.05) is 36.7 Å². The van der Waals surface area contributed by atoms with Gasteiger partial charge < -0.3 is 20.4 Å². The van der Waals surface area contributed by atoms with E-state index in [1.807, 2.05) is 28.9 Å². The molecule has 0 unspecified atom stereocenters. The minimum atomic E-state index is -0.467. The molecule has 0 bridgehead atoms. The van der Waals surface area contributed by atoms with Gasteiger partial charge in [0.2, 0.25) is 0 Å². The molecule has 1 fully saturated rings. The molecule has 26 heavy (non-hydrogen) atoms. The number of likely N-dealkylation sites (tertiary alicyclic amines) is 1. The number of carbonyl (C=O) groups is 1. The van der Waals surface area contributed by atoms with Crippen LogP contribution in [0, 0.1) is 0 Å². The normalized spacial score (nSPS) is 14.8. The summed E-state index contributed by atoms with van der Waals surface area (Å²) in [4.78, 5) is 18.6. The van der Waals surface area contributed by atoms with Crippen LogP contribution in [0.5, 0.6) is 0 Å². The van der Waals surface area contributed by atoms with Gasteiger partial charge in [0.05, 0.1) is 11.3 Å². The maximum absolute atomic E-state index is 11.6. The molecule has 1 amide bonds. The molecule has 0 radical (unpaired) electrons. The lowest BCUT2D eigenvalue weighted by molar-refractivity contribution is 0.100. The number of primary amides is 1. The number of hydrogen-bond acceptors (Lipinski definition) is 4. The van der Waals surface area contributed by atoms with Crippen molar-refractivity contribution in [1.82, 2.24) is 14.3 Å². The molecule has 3 heterocycles. The zero-order valence-electron chi connectivity index (χ0n) is 14.7. The largest absolute Gasteiger partial charge is 0.384 e. The third-order valence-electron chi connectivity index (χ3n) is 4.88. The summed E-state index contributed by atoms with van der Waals surface area (Å²) in [6.07, 6.45) is 6.43. The van der Waals surface area contributed by atoms with E-state index >= 15 is 0 Å². The first-order valence-corrected chi connectivity index (χ1v) is 9.05. The first-order chi connectivity index (χ1) is 12.7. The topological polar surface area (TPSA) is 75.7 Å². The van der Waals surface area contributed by atoms with E-state index in [1.54, 1.807) is 12.1 Å². The molecule has 0 atom stereocenters. The zero-order chi connectivity index (χ0) is 17.9. The van der Waals surface area contributed by atoms with Crippen LogP contribution in [-0.4, -0.2) is 46.4 Å². The lowest BCUT2D eigenvalue weighted by Gasteiger charge is -2.15. The quantitative estimate of drug-likeness (QED) is 0.717. The molecule has 3 N–H and O–H groups in total. The maximum Gasteiger partial charge on any atom is 0.252 e. The molecular weight excluding hydrogens is 326 g/mol. The van der Waals surface area contributed by atoms with Gasteiger partial charge in [-0.25, -0.2) is 4.98 Å². The number of aromatic nitrogens is 2. The van der Waals surface area contributed by atoms with Gasteiger partial charge in [0.25, 0.3) is 5.91 Å². The summed E-state index contributed by atoms with van der Waals surface area (Å²) in [5, 5.41) is 3.47. The number of pyridine rings is 1. The third-order valence-corrected chi connectivity index (χ3v) is 4.88. The summed E-state index contributed by atoms with van der Waals surface area (Å²) < 4.78 is 1.83. The maximum atomic E-state index is 11.6. The Labute approximate surface area is 152 Å². The number of rotatable bonds is 6. The minimum absolute atomic E-state index is 0.430. The molecule has 1 aliphatic rings. The van der Waals surface area contributed by atoms with Gasteiger partial charge in [0.1, 0.15) is 5.65 Å². The predicted molar refractivity (Wildman–Crippen MR) is 103 cm³/mol. The number of amides is 1. The SMILES string of the molecule is NC(=O)c1cccn2cc(-c3ccc(NCCN4CCCC4)cc3)nc12. The molecule has 0 spiro atoms. The Morgan fingerprint density at radius 2 is 1.92 bits per heavy atom. The Kier molecular flexibility index (Phi) is 4.58. The van der Waals surface area contributed by atoms with Crippen molar-refractivity contribution in [2.45, 2.75) is 12.8 Å². The monoisotopic (exact) mass is 349 g/mol. The molecule has 134 valence electrons. The van der Waals surface area contributed by atoms with Crippen LogP contribution in [0.4, 0.5) is 5.69 Å². The highest BCUT2D eigenvalue weighted by molar-refractivity contribution is 5.98. The number of benzene rings is 1. The van der Waals surface area contributed by atoms with Crippen LogP contribution in [0.25, 0.3) is 16.9 Å². The Morgan fingerprint density at radius 3 is 2.65 bits per heavy atom. The summed E-state index contributed by atoms with van der Waals surface area (Å²) in [6.45, 7) is 4.49. The average molecular weight is 349 g/mol. The third kappa shape index (κ3) is 3.41. The number of nitrogens with one attached hydrogen (secondary N) is 1. The van der Waals surface area contributed by atoms with Crippen molar-refractivity contribution >= 4 is 17.2 Å². The lowest BCUT2D eigenvalue weighted by Crippen LogP contribution is -2.25. The number of anilines is 1. The molecule has 2 aromatic heterocycles. The van der Waals surface area contributed by atoms with Gasteiger partial charge in [-0.05, 0) is 50.2 Å². The molecular formula is C20H23N5O. The number of fused-ring (bicyclic) bond motifs is 1. The van der Waals surface area contributed by atoms with Gasteiger partial charge in [-0.3, -0.25) is 4.79 Å². The van der Waals surface area contributed by atoms with E-state index in [-0.39, 0.29) is 0 Å². The number of nitrogens with zero attached hydrogens (tertiary/aromatic N) is 3. The van der Waals surface area contributed by atoms with Crippen molar-refractivity contribution in [3.8, 4) is 11.3 Å². The Balaban J connectivity index is 1.47. The molecule has 6 heteroatoms. The number of nitrogens with two attached hydrogens (primary N) is 1. The number of imidazole rings is 1. The van der Waals surface area contributed by atoms with Gasteiger partial charge in [0.15, 0.2) is 0 Å². The highest BCUT2D eigenvalue weighted by Gasteiger charge is 2.12. The Hall–Kier alpha value is -2.86. The second kappa shape index (κ2) is 7.17. The van der Waals surface area contributed by atoms with Crippen LogP contribution in [-0.2, 0) is 0 Å². The van der Waals surface area contributed by atoms with Crippen LogP contribution in [0.3, 0.4) is 0 Å². The Morgan fingerprint density at radius 1 is 1.15 bits per heavy atom. The molecule has 1 aliphatic heterocycles. The van der Waals surface area contributed by atoms with Crippen LogP contribution < -0.4 is 11.1 Å². The van der Waals surface area contributed by atoms with Crippen LogP contribution in [0.2, 0.25) is 0 Å². The van der Waals surface area contributed by atoms with Crippen LogP contribution in [0.15, 0.2) is 48.8 Å². The highest BCUT2D eigenvalue weighted by Crippen LogP contribution is 2.22. The van der Waals surface area contributed by atoms with E-state index in [1.165, 1.54) is 25.9 Å². The van der Waals surface area contributed by atoms with E-state index in [2.05, 4.69) is 27.3 Å². The van der Waals surface area contributed by atoms with Crippen molar-refractivity contribution in [1.29, 1.82) is 0 Å². The van der Waals surface area contributed by atoms with E-state index in [0.717, 1.165) is 30.0 Å². The average Bonchev–Trinajstić information content (AvgIpc) is 3.31. The second-order valence-electron chi connectivity index (χ2n) is 6.70. The van der Waals surface area contributed by atoms with Gasteiger partial charge in [-0.2, -0.15) is 0 Å². The minimum Gasteiger partial charge on any atom is -0.384 e. The van der Waals surface area contributed by atoms with Crippen molar-refractivity contribution in [3.63, 3.8) is 0 Å². The van der Waals surface area contributed by atoms with E-state index < -0.39 is 5.91 Å². The Bertz CT molecular complexity index is 910. The summed E-state index contributed by atoms with van der Waals surface area (Å²) in [7, 11) is 0. The molecule has 6 nitrogen and oxygen atoms in total. The van der Waals surface area contributed by atoms with Crippen molar-refractivity contribution < 1.29 is 4.79 Å². The van der Waals surface area contributed by atoms with Crippen LogP contribution >= 0.6 is 0 Å². The number of carbonyl (C=O) groups excluding carboxylic acids is 1. The first-order valence-electron chi connectivity index (χ1n) is 9.05. The fraction of sp³-hybridized carbons (Fsp3) is 0.300. The fourth-order valence-corrected chi connectivity index (χ4v) is 3.47. The molecule has 0 saturated carbocycles. The summed E-state index contributed by atoms with van der Waals surface area (Å²) >= 11 is 0. The molecule has 3 aromatic rings. The molecule has 1 aromatic carbocycles. The van der Waals surface area contributed by atoms with Gasteiger partial charge in [-0.1, -0.05) is 12.1 Å². The summed E-state index contributed by atoms with van der Waals surface area (Å²) in [6, 6.07) is 11.7.